The molecule has 5 heteroatoms. The molecular weight excluding hydrogens is 278 g/mol. The molecule has 0 saturated heterocycles. The first-order chi connectivity index (χ1) is 9.29. The Morgan fingerprint density at radius 2 is 2.11 bits per heavy atom. The first kappa shape index (κ1) is 14.2. The highest BCUT2D eigenvalue weighted by Gasteiger charge is 2.10. The van der Waals surface area contributed by atoms with E-state index in [0.717, 1.165) is 25.2 Å². The van der Waals surface area contributed by atoms with Crippen molar-refractivity contribution in [3.8, 4) is 0 Å². The van der Waals surface area contributed by atoms with Crippen molar-refractivity contribution in [1.29, 1.82) is 0 Å². The fraction of sp³-hybridized carbons (Fsp3) is 0.286. The van der Waals surface area contributed by atoms with Gasteiger partial charge in [-0.1, -0.05) is 52.5 Å². The van der Waals surface area contributed by atoms with Crippen molar-refractivity contribution >= 4 is 23.1 Å². The molecule has 0 aliphatic heterocycles. The van der Waals surface area contributed by atoms with Crippen LogP contribution in [0.25, 0.3) is 0 Å². The van der Waals surface area contributed by atoms with E-state index in [-0.39, 0.29) is 0 Å². The molecule has 0 N–H and O–H groups in total. The summed E-state index contributed by atoms with van der Waals surface area (Å²) in [6, 6.07) is 10.4. The summed E-state index contributed by atoms with van der Waals surface area (Å²) in [5, 5.41) is 4.05. The number of nitrogens with zero attached hydrogens (tertiary/aromatic N) is 3. The lowest BCUT2D eigenvalue weighted by atomic mass is 10.1. The fourth-order valence-corrected chi connectivity index (χ4v) is 2.46. The molecule has 1 aromatic heterocycles. The van der Waals surface area contributed by atoms with E-state index >= 15 is 0 Å². The Hall–Kier alpha value is -1.23. The summed E-state index contributed by atoms with van der Waals surface area (Å²) in [6.07, 6.45) is 2.91. The third kappa shape index (κ3) is 4.42. The van der Waals surface area contributed by atoms with E-state index in [4.69, 9.17) is 11.6 Å². The number of aromatic nitrogens is 2. The third-order valence-corrected chi connectivity index (χ3v) is 3.81. The van der Waals surface area contributed by atoms with Crippen LogP contribution in [-0.4, -0.2) is 27.6 Å². The molecule has 0 aliphatic carbocycles. The standard InChI is InChI=1S/C14H16ClN3S/c1-2-9-18(11-13-14(15)19-17-16-13)10-8-12-6-4-3-5-7-12/h2-7H,1,8-11H2. The van der Waals surface area contributed by atoms with Gasteiger partial charge in [0.1, 0.15) is 10.0 Å². The van der Waals surface area contributed by atoms with Crippen LogP contribution in [0, 0.1) is 0 Å². The topological polar surface area (TPSA) is 29.0 Å². The first-order valence-corrected chi connectivity index (χ1v) is 7.28. The molecule has 0 radical (unpaired) electrons. The number of rotatable bonds is 7. The molecule has 19 heavy (non-hydrogen) atoms. The zero-order valence-corrected chi connectivity index (χ0v) is 12.2. The minimum atomic E-state index is 0.675. The maximum absolute atomic E-state index is 6.04. The first-order valence-electron chi connectivity index (χ1n) is 6.13. The van der Waals surface area contributed by atoms with Crippen molar-refractivity contribution in [2.45, 2.75) is 13.0 Å². The van der Waals surface area contributed by atoms with Gasteiger partial charge in [0.15, 0.2) is 0 Å². The Labute approximate surface area is 122 Å². The minimum absolute atomic E-state index is 0.675. The van der Waals surface area contributed by atoms with Gasteiger partial charge in [-0.15, -0.1) is 11.7 Å². The summed E-state index contributed by atoms with van der Waals surface area (Å²) >= 11 is 7.27. The Bertz CT molecular complexity index is 512. The van der Waals surface area contributed by atoms with Crippen molar-refractivity contribution in [1.82, 2.24) is 14.5 Å². The predicted molar refractivity (Wildman–Crippen MR) is 80.5 cm³/mol. The largest absolute Gasteiger partial charge is 0.293 e. The van der Waals surface area contributed by atoms with Gasteiger partial charge in [0.05, 0.1) is 0 Å². The van der Waals surface area contributed by atoms with Gasteiger partial charge in [-0.25, -0.2) is 0 Å². The van der Waals surface area contributed by atoms with E-state index in [0.29, 0.717) is 10.9 Å². The lowest BCUT2D eigenvalue weighted by Crippen LogP contribution is -2.26. The Kier molecular flexibility index (Phi) is 5.51. The lowest BCUT2D eigenvalue weighted by Gasteiger charge is -2.19. The van der Waals surface area contributed by atoms with Crippen LogP contribution in [-0.2, 0) is 13.0 Å². The van der Waals surface area contributed by atoms with Gasteiger partial charge >= 0.3 is 0 Å². The highest BCUT2D eigenvalue weighted by atomic mass is 35.5. The van der Waals surface area contributed by atoms with Crippen LogP contribution in [0.1, 0.15) is 11.3 Å². The van der Waals surface area contributed by atoms with Crippen molar-refractivity contribution in [2.75, 3.05) is 13.1 Å². The molecular formula is C14H16ClN3S. The fourth-order valence-electron chi connectivity index (χ4n) is 1.85. The molecule has 2 rings (SSSR count). The average molecular weight is 294 g/mol. The quantitative estimate of drug-likeness (QED) is 0.733. The molecule has 100 valence electrons. The predicted octanol–water partition coefficient (Wildman–Crippen LogP) is 3.42. The van der Waals surface area contributed by atoms with E-state index in [1.807, 2.05) is 12.1 Å². The summed E-state index contributed by atoms with van der Waals surface area (Å²) in [5.74, 6) is 0. The van der Waals surface area contributed by atoms with E-state index in [1.165, 1.54) is 17.1 Å². The second kappa shape index (κ2) is 7.38. The molecule has 1 heterocycles. The summed E-state index contributed by atoms with van der Waals surface area (Å²) in [5.41, 5.74) is 2.18. The molecule has 0 bridgehead atoms. The van der Waals surface area contributed by atoms with Crippen molar-refractivity contribution in [3.63, 3.8) is 0 Å². The smallest absolute Gasteiger partial charge is 0.138 e. The van der Waals surface area contributed by atoms with E-state index < -0.39 is 0 Å². The molecule has 3 nitrogen and oxygen atoms in total. The van der Waals surface area contributed by atoms with E-state index in [9.17, 15) is 0 Å². The van der Waals surface area contributed by atoms with E-state index in [2.05, 4.69) is 45.3 Å². The third-order valence-electron chi connectivity index (χ3n) is 2.83. The Balaban J connectivity index is 1.93. The monoisotopic (exact) mass is 293 g/mol. The minimum Gasteiger partial charge on any atom is -0.293 e. The SMILES string of the molecule is C=CCN(CCc1ccccc1)Cc1nnsc1Cl. The number of benzene rings is 1. The van der Waals surface area contributed by atoms with Gasteiger partial charge in [-0.2, -0.15) is 0 Å². The van der Waals surface area contributed by atoms with Crippen molar-refractivity contribution < 1.29 is 0 Å². The zero-order chi connectivity index (χ0) is 13.5. The van der Waals surface area contributed by atoms with Gasteiger partial charge in [-0.05, 0) is 12.0 Å². The van der Waals surface area contributed by atoms with Crippen molar-refractivity contribution in [2.24, 2.45) is 0 Å². The molecule has 0 aliphatic rings. The summed E-state index contributed by atoms with van der Waals surface area (Å²) < 4.78 is 4.54. The zero-order valence-electron chi connectivity index (χ0n) is 10.6. The second-order valence-corrected chi connectivity index (χ2v) is 5.61. The number of halogens is 1. The van der Waals surface area contributed by atoms with Crippen LogP contribution >= 0.6 is 23.1 Å². The van der Waals surface area contributed by atoms with Crippen LogP contribution in [0.2, 0.25) is 4.34 Å². The van der Waals surface area contributed by atoms with E-state index in [1.54, 1.807) is 0 Å². The second-order valence-electron chi connectivity index (χ2n) is 4.25. The van der Waals surface area contributed by atoms with Gasteiger partial charge in [0, 0.05) is 31.2 Å². The highest BCUT2D eigenvalue weighted by Crippen LogP contribution is 2.19. The maximum Gasteiger partial charge on any atom is 0.138 e. The summed E-state index contributed by atoms with van der Waals surface area (Å²) in [7, 11) is 0. The Morgan fingerprint density at radius 3 is 2.74 bits per heavy atom. The molecule has 2 aromatic rings. The summed E-state index contributed by atoms with van der Waals surface area (Å²) in [6.45, 7) is 6.28. The van der Waals surface area contributed by atoms with Crippen molar-refractivity contribution in [3.05, 3.63) is 58.6 Å². The van der Waals surface area contributed by atoms with Crippen LogP contribution in [0.3, 0.4) is 0 Å². The maximum atomic E-state index is 6.04. The molecule has 0 atom stereocenters. The Morgan fingerprint density at radius 1 is 1.32 bits per heavy atom. The lowest BCUT2D eigenvalue weighted by molar-refractivity contribution is 0.295. The van der Waals surface area contributed by atoms with Crippen LogP contribution in [0.15, 0.2) is 43.0 Å². The molecule has 0 amide bonds. The van der Waals surface area contributed by atoms with Gasteiger partial charge in [0.25, 0.3) is 0 Å². The average Bonchev–Trinajstić information content (AvgIpc) is 2.83. The summed E-state index contributed by atoms with van der Waals surface area (Å²) in [4.78, 5) is 2.27. The van der Waals surface area contributed by atoms with Gasteiger partial charge < -0.3 is 0 Å². The van der Waals surface area contributed by atoms with Crippen LogP contribution < -0.4 is 0 Å². The van der Waals surface area contributed by atoms with Gasteiger partial charge in [-0.3, -0.25) is 4.90 Å². The number of hydrogen-bond donors (Lipinski definition) is 0. The molecule has 0 saturated carbocycles. The molecule has 0 fully saturated rings. The molecule has 1 aromatic carbocycles. The molecule has 0 unspecified atom stereocenters. The normalized spacial score (nSPS) is 10.8. The number of hydrogen-bond acceptors (Lipinski definition) is 4. The highest BCUT2D eigenvalue weighted by molar-refractivity contribution is 7.10. The van der Waals surface area contributed by atoms with Crippen LogP contribution in [0.5, 0.6) is 0 Å². The molecule has 0 spiro atoms. The van der Waals surface area contributed by atoms with Gasteiger partial charge in [0.2, 0.25) is 0 Å². The van der Waals surface area contributed by atoms with Crippen LogP contribution in [0.4, 0.5) is 0 Å².